The van der Waals surface area contributed by atoms with Gasteiger partial charge in [0.05, 0.1) is 4.90 Å². The second-order valence-corrected chi connectivity index (χ2v) is 11.0. The standard InChI is InChI=1S/C19H22F2N2O4S2/c1-14(2)15-3-6-17(7-4-15)28(24,25)22-9-11-23(12-10-22)29(26,27)19-8-5-16(20)13-18(19)21/h3-8,13-14H,9-12H2,1-2H3. The van der Waals surface area contributed by atoms with Gasteiger partial charge in [-0.1, -0.05) is 26.0 Å². The van der Waals surface area contributed by atoms with Gasteiger partial charge in [0.2, 0.25) is 20.0 Å². The molecule has 0 N–H and O–H groups in total. The van der Waals surface area contributed by atoms with E-state index in [1.807, 2.05) is 13.8 Å². The molecule has 1 aliphatic heterocycles. The minimum atomic E-state index is -4.19. The van der Waals surface area contributed by atoms with Crippen molar-refractivity contribution < 1.29 is 25.6 Å². The molecule has 29 heavy (non-hydrogen) atoms. The summed E-state index contributed by atoms with van der Waals surface area (Å²) >= 11 is 0. The lowest BCUT2D eigenvalue weighted by atomic mass is 10.0. The lowest BCUT2D eigenvalue weighted by Crippen LogP contribution is -2.50. The molecule has 10 heteroatoms. The molecule has 0 spiro atoms. The maximum atomic E-state index is 13.9. The largest absolute Gasteiger partial charge is 0.246 e. The van der Waals surface area contributed by atoms with E-state index in [2.05, 4.69) is 0 Å². The molecule has 1 fully saturated rings. The first-order valence-electron chi connectivity index (χ1n) is 9.09. The highest BCUT2D eigenvalue weighted by Gasteiger charge is 2.35. The molecular weight excluding hydrogens is 422 g/mol. The van der Waals surface area contributed by atoms with Crippen molar-refractivity contribution >= 4 is 20.0 Å². The van der Waals surface area contributed by atoms with Gasteiger partial charge in [-0.15, -0.1) is 0 Å². The molecule has 0 unspecified atom stereocenters. The molecule has 0 bridgehead atoms. The van der Waals surface area contributed by atoms with Gasteiger partial charge in [-0.25, -0.2) is 25.6 Å². The van der Waals surface area contributed by atoms with Crippen LogP contribution in [0.25, 0.3) is 0 Å². The number of benzene rings is 2. The monoisotopic (exact) mass is 444 g/mol. The maximum absolute atomic E-state index is 13.9. The first-order valence-corrected chi connectivity index (χ1v) is 12.0. The van der Waals surface area contributed by atoms with Crippen LogP contribution in [-0.2, 0) is 20.0 Å². The van der Waals surface area contributed by atoms with E-state index in [1.54, 1.807) is 24.3 Å². The van der Waals surface area contributed by atoms with Gasteiger partial charge in [-0.05, 0) is 35.7 Å². The fourth-order valence-corrected chi connectivity index (χ4v) is 6.04. The number of hydrogen-bond acceptors (Lipinski definition) is 4. The Morgan fingerprint density at radius 1 is 0.793 bits per heavy atom. The normalized spacial score (nSPS) is 17.0. The SMILES string of the molecule is CC(C)c1ccc(S(=O)(=O)N2CCN(S(=O)(=O)c3ccc(F)cc3F)CC2)cc1. The fourth-order valence-electron chi connectivity index (χ4n) is 3.15. The average molecular weight is 445 g/mol. The van der Waals surface area contributed by atoms with Crippen molar-refractivity contribution in [3.63, 3.8) is 0 Å². The summed E-state index contributed by atoms with van der Waals surface area (Å²) in [5.41, 5.74) is 1.01. The first kappa shape index (κ1) is 21.8. The zero-order valence-corrected chi connectivity index (χ0v) is 17.7. The van der Waals surface area contributed by atoms with Crippen LogP contribution in [-0.4, -0.2) is 51.6 Å². The van der Waals surface area contributed by atoms with Crippen LogP contribution in [0, 0.1) is 11.6 Å². The van der Waals surface area contributed by atoms with Crippen molar-refractivity contribution in [2.75, 3.05) is 26.2 Å². The number of hydrogen-bond donors (Lipinski definition) is 0. The van der Waals surface area contributed by atoms with E-state index in [-0.39, 0.29) is 37.0 Å². The third kappa shape index (κ3) is 4.35. The topological polar surface area (TPSA) is 74.8 Å². The molecule has 0 atom stereocenters. The Morgan fingerprint density at radius 2 is 1.31 bits per heavy atom. The van der Waals surface area contributed by atoms with Gasteiger partial charge >= 0.3 is 0 Å². The highest BCUT2D eigenvalue weighted by Crippen LogP contribution is 2.24. The molecule has 0 saturated carbocycles. The highest BCUT2D eigenvalue weighted by atomic mass is 32.2. The Morgan fingerprint density at radius 3 is 1.79 bits per heavy atom. The average Bonchev–Trinajstić information content (AvgIpc) is 2.68. The van der Waals surface area contributed by atoms with Gasteiger partial charge in [0.15, 0.2) is 0 Å². The number of piperazine rings is 1. The van der Waals surface area contributed by atoms with E-state index in [0.29, 0.717) is 6.07 Å². The van der Waals surface area contributed by atoms with Crippen molar-refractivity contribution in [3.8, 4) is 0 Å². The summed E-state index contributed by atoms with van der Waals surface area (Å²) in [6.45, 7) is 3.65. The van der Waals surface area contributed by atoms with Gasteiger partial charge in [0, 0.05) is 32.2 Å². The van der Waals surface area contributed by atoms with Gasteiger partial charge in [-0.3, -0.25) is 0 Å². The molecule has 1 aliphatic rings. The number of nitrogens with zero attached hydrogens (tertiary/aromatic N) is 2. The summed E-state index contributed by atoms with van der Waals surface area (Å²) in [5.74, 6) is -1.78. The van der Waals surface area contributed by atoms with E-state index in [0.717, 1.165) is 22.0 Å². The molecule has 0 aliphatic carbocycles. The Bertz CT molecular complexity index is 1090. The minimum Gasteiger partial charge on any atom is -0.207 e. The van der Waals surface area contributed by atoms with E-state index in [4.69, 9.17) is 0 Å². The number of rotatable bonds is 5. The van der Waals surface area contributed by atoms with E-state index in [9.17, 15) is 25.6 Å². The Balaban J connectivity index is 1.75. The maximum Gasteiger partial charge on any atom is 0.246 e. The quantitative estimate of drug-likeness (QED) is 0.711. The third-order valence-corrected chi connectivity index (χ3v) is 8.74. The molecule has 1 saturated heterocycles. The van der Waals surface area contributed by atoms with Crippen LogP contribution in [0.15, 0.2) is 52.3 Å². The third-order valence-electron chi connectivity index (χ3n) is 4.89. The number of halogens is 2. The number of sulfonamides is 2. The summed E-state index contributed by atoms with van der Waals surface area (Å²) in [6.07, 6.45) is 0. The van der Waals surface area contributed by atoms with Crippen molar-refractivity contribution in [1.29, 1.82) is 0 Å². The predicted molar refractivity (Wildman–Crippen MR) is 104 cm³/mol. The van der Waals surface area contributed by atoms with Gasteiger partial charge < -0.3 is 0 Å². The second kappa shape index (κ2) is 8.10. The summed E-state index contributed by atoms with van der Waals surface area (Å²) < 4.78 is 80.2. The smallest absolute Gasteiger partial charge is 0.207 e. The molecule has 6 nitrogen and oxygen atoms in total. The van der Waals surface area contributed by atoms with E-state index < -0.39 is 36.6 Å². The van der Waals surface area contributed by atoms with E-state index >= 15 is 0 Å². The lowest BCUT2D eigenvalue weighted by molar-refractivity contribution is 0.272. The van der Waals surface area contributed by atoms with E-state index in [1.165, 1.54) is 4.31 Å². The second-order valence-electron chi connectivity index (χ2n) is 7.11. The van der Waals surface area contributed by atoms with Crippen LogP contribution >= 0.6 is 0 Å². The Labute approximate surface area is 169 Å². The molecule has 0 radical (unpaired) electrons. The zero-order valence-electron chi connectivity index (χ0n) is 16.0. The van der Waals surface area contributed by atoms with Gasteiger partial charge in [0.25, 0.3) is 0 Å². The Hall–Kier alpha value is -1.88. The van der Waals surface area contributed by atoms with Crippen LogP contribution in [0.2, 0.25) is 0 Å². The van der Waals surface area contributed by atoms with Crippen molar-refractivity contribution in [2.45, 2.75) is 29.6 Å². The molecule has 2 aromatic carbocycles. The van der Waals surface area contributed by atoms with Gasteiger partial charge in [-0.2, -0.15) is 8.61 Å². The first-order chi connectivity index (χ1) is 13.5. The summed E-state index contributed by atoms with van der Waals surface area (Å²) in [4.78, 5) is -0.484. The zero-order chi connectivity index (χ0) is 21.4. The molecule has 3 rings (SSSR count). The van der Waals surface area contributed by atoms with Crippen LogP contribution in [0.5, 0.6) is 0 Å². The summed E-state index contributed by atoms with van der Waals surface area (Å²) in [5, 5.41) is 0. The van der Waals surface area contributed by atoms with Crippen LogP contribution in [0.4, 0.5) is 8.78 Å². The summed E-state index contributed by atoms with van der Waals surface area (Å²) in [7, 11) is -7.95. The Kier molecular flexibility index (Phi) is 6.09. The van der Waals surface area contributed by atoms with Crippen LogP contribution < -0.4 is 0 Å². The predicted octanol–water partition coefficient (Wildman–Crippen LogP) is 2.78. The van der Waals surface area contributed by atoms with Gasteiger partial charge in [0.1, 0.15) is 16.5 Å². The summed E-state index contributed by atoms with van der Waals surface area (Å²) in [6, 6.07) is 8.86. The van der Waals surface area contributed by atoms with Crippen LogP contribution in [0.3, 0.4) is 0 Å². The fraction of sp³-hybridized carbons (Fsp3) is 0.368. The van der Waals surface area contributed by atoms with Crippen molar-refractivity contribution in [1.82, 2.24) is 8.61 Å². The molecular formula is C19H22F2N2O4S2. The highest BCUT2D eigenvalue weighted by molar-refractivity contribution is 7.89. The van der Waals surface area contributed by atoms with Crippen molar-refractivity contribution in [3.05, 3.63) is 59.7 Å². The molecule has 0 amide bonds. The molecule has 158 valence electrons. The molecule has 2 aromatic rings. The molecule has 1 heterocycles. The van der Waals surface area contributed by atoms with Crippen LogP contribution in [0.1, 0.15) is 25.3 Å². The minimum absolute atomic E-state index is 0.0592. The lowest BCUT2D eigenvalue weighted by Gasteiger charge is -2.33. The molecule has 0 aromatic heterocycles. The van der Waals surface area contributed by atoms with Crippen molar-refractivity contribution in [2.24, 2.45) is 0 Å².